The third kappa shape index (κ3) is 3.30. The molecule has 3 rings (SSSR count). The van der Waals surface area contributed by atoms with Crippen molar-refractivity contribution in [2.45, 2.75) is 6.54 Å². The molecule has 23 heavy (non-hydrogen) atoms. The van der Waals surface area contributed by atoms with Crippen molar-refractivity contribution in [1.82, 2.24) is 15.0 Å². The molecule has 0 atom stereocenters. The highest BCUT2D eigenvalue weighted by Gasteiger charge is 2.07. The molecule has 0 aliphatic rings. The van der Waals surface area contributed by atoms with Gasteiger partial charge in [-0.1, -0.05) is 28.9 Å². The summed E-state index contributed by atoms with van der Waals surface area (Å²) < 4.78 is 14.7. The maximum atomic E-state index is 13.2. The number of halogens is 2. The van der Waals surface area contributed by atoms with E-state index in [0.717, 1.165) is 5.69 Å². The van der Waals surface area contributed by atoms with Crippen molar-refractivity contribution < 1.29 is 4.39 Å². The molecule has 0 bridgehead atoms. The lowest BCUT2D eigenvalue weighted by molar-refractivity contribution is 0.627. The second-order valence-corrected chi connectivity index (χ2v) is 5.17. The molecule has 5 nitrogen and oxygen atoms in total. The van der Waals surface area contributed by atoms with E-state index in [9.17, 15) is 4.39 Å². The van der Waals surface area contributed by atoms with Gasteiger partial charge in [-0.15, -0.1) is 5.10 Å². The molecule has 0 unspecified atom stereocenters. The fraction of sp³-hybridized carbons (Fsp3) is 0.0625. The van der Waals surface area contributed by atoms with Gasteiger partial charge in [0.1, 0.15) is 17.6 Å². The van der Waals surface area contributed by atoms with Crippen molar-refractivity contribution in [3.63, 3.8) is 0 Å². The van der Waals surface area contributed by atoms with Gasteiger partial charge < -0.3 is 5.32 Å². The van der Waals surface area contributed by atoms with Gasteiger partial charge in [0, 0.05) is 0 Å². The predicted molar refractivity (Wildman–Crippen MR) is 84.8 cm³/mol. The Kier molecular flexibility index (Phi) is 4.22. The normalized spacial score (nSPS) is 10.3. The molecule has 0 amide bonds. The number of hydrogen-bond donors (Lipinski definition) is 1. The molecule has 7 heteroatoms. The monoisotopic (exact) mass is 327 g/mol. The van der Waals surface area contributed by atoms with E-state index in [1.807, 2.05) is 12.1 Å². The average Bonchev–Trinajstić information content (AvgIpc) is 3.04. The first kappa shape index (κ1) is 15.0. The van der Waals surface area contributed by atoms with Crippen molar-refractivity contribution in [3.8, 4) is 11.8 Å². The molecule has 0 radical (unpaired) electrons. The van der Waals surface area contributed by atoms with Crippen molar-refractivity contribution >= 4 is 17.3 Å². The minimum absolute atomic E-state index is 0.0284. The molecule has 0 saturated carbocycles. The topological polar surface area (TPSA) is 66.5 Å². The first-order valence-electron chi connectivity index (χ1n) is 6.77. The van der Waals surface area contributed by atoms with Crippen molar-refractivity contribution in [2.24, 2.45) is 0 Å². The lowest BCUT2D eigenvalue weighted by Gasteiger charge is -2.05. The standard InChI is InChI=1S/C16H11ClFN5/c17-14-7-13(5-6-15(14)18)23-10-12(21-22-23)9-20-16-4-2-1-3-11(16)8-19/h1-7,10,20H,9H2. The Morgan fingerprint density at radius 1 is 1.26 bits per heavy atom. The quantitative estimate of drug-likeness (QED) is 0.796. The van der Waals surface area contributed by atoms with E-state index >= 15 is 0 Å². The van der Waals surface area contributed by atoms with E-state index in [1.165, 1.54) is 16.8 Å². The van der Waals surface area contributed by atoms with Gasteiger partial charge in [0.05, 0.1) is 34.7 Å². The van der Waals surface area contributed by atoms with Crippen LogP contribution in [0.1, 0.15) is 11.3 Å². The molecule has 1 aromatic heterocycles. The molecular weight excluding hydrogens is 317 g/mol. The Labute approximate surface area is 136 Å². The van der Waals surface area contributed by atoms with E-state index in [2.05, 4.69) is 21.7 Å². The van der Waals surface area contributed by atoms with E-state index in [1.54, 1.807) is 24.4 Å². The molecule has 114 valence electrons. The SMILES string of the molecule is N#Cc1ccccc1NCc1cn(-c2ccc(F)c(Cl)c2)nn1. The molecule has 0 fully saturated rings. The van der Waals surface area contributed by atoms with Crippen molar-refractivity contribution in [3.05, 3.63) is 70.8 Å². The first-order chi connectivity index (χ1) is 11.2. The molecule has 3 aromatic rings. The molecule has 0 aliphatic heterocycles. The fourth-order valence-electron chi connectivity index (χ4n) is 2.05. The molecule has 0 saturated heterocycles. The summed E-state index contributed by atoms with van der Waals surface area (Å²) in [5.41, 5.74) is 2.59. The maximum absolute atomic E-state index is 13.2. The molecule has 1 heterocycles. The maximum Gasteiger partial charge on any atom is 0.141 e. The number of anilines is 1. The summed E-state index contributed by atoms with van der Waals surface area (Å²) in [5, 5.41) is 20.3. The zero-order chi connectivity index (χ0) is 16.2. The van der Waals surface area contributed by atoms with Gasteiger partial charge in [0.15, 0.2) is 0 Å². The van der Waals surface area contributed by atoms with Crippen LogP contribution in [0.2, 0.25) is 5.02 Å². The smallest absolute Gasteiger partial charge is 0.141 e. The predicted octanol–water partition coefficient (Wildman–Crippen LogP) is 3.54. The van der Waals surface area contributed by atoms with E-state index in [-0.39, 0.29) is 5.02 Å². The average molecular weight is 328 g/mol. The summed E-state index contributed by atoms with van der Waals surface area (Å²) in [4.78, 5) is 0. The van der Waals surface area contributed by atoms with Crippen LogP contribution in [0.25, 0.3) is 5.69 Å². The Bertz CT molecular complexity index is 884. The van der Waals surface area contributed by atoms with Crippen LogP contribution in [-0.4, -0.2) is 15.0 Å². The van der Waals surface area contributed by atoms with Crippen LogP contribution in [0.3, 0.4) is 0 Å². The van der Waals surface area contributed by atoms with E-state index in [4.69, 9.17) is 16.9 Å². The van der Waals surface area contributed by atoms with Gasteiger partial charge in [-0.25, -0.2) is 9.07 Å². The van der Waals surface area contributed by atoms with Crippen LogP contribution in [0.5, 0.6) is 0 Å². The Morgan fingerprint density at radius 2 is 2.09 bits per heavy atom. The largest absolute Gasteiger partial charge is 0.378 e. The van der Waals surface area contributed by atoms with E-state index in [0.29, 0.717) is 23.5 Å². The second kappa shape index (κ2) is 6.46. The van der Waals surface area contributed by atoms with Gasteiger partial charge in [0.2, 0.25) is 0 Å². The third-order valence-electron chi connectivity index (χ3n) is 3.22. The highest BCUT2D eigenvalue weighted by atomic mass is 35.5. The van der Waals surface area contributed by atoms with Crippen molar-refractivity contribution in [2.75, 3.05) is 5.32 Å². The minimum atomic E-state index is -0.481. The minimum Gasteiger partial charge on any atom is -0.378 e. The van der Waals surface area contributed by atoms with Crippen molar-refractivity contribution in [1.29, 1.82) is 5.26 Å². The Hall–Kier alpha value is -2.91. The first-order valence-corrected chi connectivity index (χ1v) is 7.15. The van der Waals surface area contributed by atoms with Crippen LogP contribution in [0.4, 0.5) is 10.1 Å². The Balaban J connectivity index is 1.75. The number of para-hydroxylation sites is 1. The van der Waals surface area contributed by atoms with Gasteiger partial charge in [-0.2, -0.15) is 5.26 Å². The molecular formula is C16H11ClFN5. The van der Waals surface area contributed by atoms with Crippen LogP contribution in [0, 0.1) is 17.1 Å². The van der Waals surface area contributed by atoms with Gasteiger partial charge in [0.25, 0.3) is 0 Å². The number of hydrogen-bond acceptors (Lipinski definition) is 4. The van der Waals surface area contributed by atoms with Crippen LogP contribution in [0.15, 0.2) is 48.7 Å². The highest BCUT2D eigenvalue weighted by molar-refractivity contribution is 6.30. The fourth-order valence-corrected chi connectivity index (χ4v) is 2.23. The lowest BCUT2D eigenvalue weighted by atomic mass is 10.2. The van der Waals surface area contributed by atoms with E-state index < -0.39 is 5.82 Å². The number of nitrogens with zero attached hydrogens (tertiary/aromatic N) is 4. The van der Waals surface area contributed by atoms with Crippen LogP contribution < -0.4 is 5.32 Å². The number of aromatic nitrogens is 3. The third-order valence-corrected chi connectivity index (χ3v) is 3.51. The number of benzene rings is 2. The summed E-state index contributed by atoms with van der Waals surface area (Å²) in [5.74, 6) is -0.481. The number of nitrogens with one attached hydrogen (secondary N) is 1. The lowest BCUT2D eigenvalue weighted by Crippen LogP contribution is -2.01. The van der Waals surface area contributed by atoms with Gasteiger partial charge in [-0.3, -0.25) is 0 Å². The summed E-state index contributed by atoms with van der Waals surface area (Å²) >= 11 is 5.77. The zero-order valence-electron chi connectivity index (χ0n) is 11.9. The second-order valence-electron chi connectivity index (χ2n) is 4.76. The molecule has 1 N–H and O–H groups in total. The summed E-state index contributed by atoms with van der Waals surface area (Å²) in [7, 11) is 0. The number of rotatable bonds is 4. The van der Waals surface area contributed by atoms with Crippen LogP contribution in [-0.2, 0) is 6.54 Å². The summed E-state index contributed by atoms with van der Waals surface area (Å²) in [6.07, 6.45) is 1.71. The summed E-state index contributed by atoms with van der Waals surface area (Å²) in [6, 6.07) is 13.7. The number of nitriles is 1. The van der Waals surface area contributed by atoms with Gasteiger partial charge >= 0.3 is 0 Å². The van der Waals surface area contributed by atoms with Gasteiger partial charge in [-0.05, 0) is 30.3 Å². The molecule has 2 aromatic carbocycles. The van der Waals surface area contributed by atoms with Crippen LogP contribution >= 0.6 is 11.6 Å². The zero-order valence-corrected chi connectivity index (χ0v) is 12.6. The Morgan fingerprint density at radius 3 is 2.87 bits per heavy atom. The summed E-state index contributed by atoms with van der Waals surface area (Å²) in [6.45, 7) is 0.410. The molecule has 0 spiro atoms. The highest BCUT2D eigenvalue weighted by Crippen LogP contribution is 2.19. The molecule has 0 aliphatic carbocycles.